The van der Waals surface area contributed by atoms with E-state index in [0.717, 1.165) is 28.8 Å². The summed E-state index contributed by atoms with van der Waals surface area (Å²) in [5.74, 6) is 0.236. The Bertz CT molecular complexity index is 1170. The van der Waals surface area contributed by atoms with E-state index in [-0.39, 0.29) is 23.9 Å². The maximum Gasteiger partial charge on any atom is 0.337 e. The second kappa shape index (κ2) is 10.5. The van der Waals surface area contributed by atoms with Gasteiger partial charge in [-0.1, -0.05) is 55.5 Å². The van der Waals surface area contributed by atoms with Gasteiger partial charge in [0, 0.05) is 23.7 Å². The standard InChI is InChI=1S/C28H30N2O4/c1-4-18-9-11-19(12-10-18)23-17-24(22-7-6-8-25(26(22)31)34-5-2)30-27(29-23)20-13-15-21(16-14-20)28(32)33-3/h6-16,24,27,30-31H,4-5,17H2,1-3H3/t24-,27-/m1/s1. The number of phenolic OH excluding ortho intramolecular Hbond substituents is 1. The third-order valence-electron chi connectivity index (χ3n) is 6.09. The number of ether oxygens (including phenoxy) is 2. The fourth-order valence-corrected chi connectivity index (χ4v) is 4.20. The van der Waals surface area contributed by atoms with Crippen LogP contribution in [0.5, 0.6) is 11.5 Å². The van der Waals surface area contributed by atoms with Crippen LogP contribution >= 0.6 is 0 Å². The van der Waals surface area contributed by atoms with Crippen LogP contribution in [0, 0.1) is 0 Å². The molecular formula is C28H30N2O4. The average molecular weight is 459 g/mol. The summed E-state index contributed by atoms with van der Waals surface area (Å²) >= 11 is 0. The van der Waals surface area contributed by atoms with Crippen LogP contribution in [0.25, 0.3) is 0 Å². The molecule has 1 heterocycles. The summed E-state index contributed by atoms with van der Waals surface area (Å²) in [5, 5.41) is 14.5. The van der Waals surface area contributed by atoms with Crippen LogP contribution in [-0.2, 0) is 11.2 Å². The van der Waals surface area contributed by atoms with E-state index in [1.807, 2.05) is 31.2 Å². The molecule has 1 aliphatic heterocycles. The average Bonchev–Trinajstić information content (AvgIpc) is 2.89. The van der Waals surface area contributed by atoms with E-state index in [4.69, 9.17) is 14.5 Å². The fraction of sp³-hybridized carbons (Fsp3) is 0.286. The van der Waals surface area contributed by atoms with Crippen LogP contribution in [-0.4, -0.2) is 30.5 Å². The summed E-state index contributed by atoms with van der Waals surface area (Å²) in [6, 6.07) is 21.1. The van der Waals surface area contributed by atoms with Gasteiger partial charge in [-0.15, -0.1) is 0 Å². The molecule has 0 saturated carbocycles. The van der Waals surface area contributed by atoms with E-state index in [0.29, 0.717) is 24.3 Å². The van der Waals surface area contributed by atoms with Crippen molar-refractivity contribution >= 4 is 11.7 Å². The number of carbonyl (C=O) groups is 1. The lowest BCUT2D eigenvalue weighted by Crippen LogP contribution is -2.33. The Hall–Kier alpha value is -3.64. The second-order valence-electron chi connectivity index (χ2n) is 8.19. The van der Waals surface area contributed by atoms with Crippen molar-refractivity contribution in [2.75, 3.05) is 13.7 Å². The van der Waals surface area contributed by atoms with Gasteiger partial charge in [-0.05, 0) is 48.2 Å². The van der Waals surface area contributed by atoms with Crippen molar-refractivity contribution in [3.05, 3.63) is 94.5 Å². The molecule has 0 aliphatic carbocycles. The molecule has 1 aliphatic rings. The minimum absolute atomic E-state index is 0.143. The van der Waals surface area contributed by atoms with Crippen LogP contribution in [0.1, 0.15) is 65.1 Å². The Labute approximate surface area is 200 Å². The summed E-state index contributed by atoms with van der Waals surface area (Å²) < 4.78 is 10.4. The molecule has 2 N–H and O–H groups in total. The molecule has 0 spiro atoms. The first-order chi connectivity index (χ1) is 16.5. The summed E-state index contributed by atoms with van der Waals surface area (Å²) in [4.78, 5) is 16.9. The van der Waals surface area contributed by atoms with Gasteiger partial charge in [-0.3, -0.25) is 10.3 Å². The van der Waals surface area contributed by atoms with Gasteiger partial charge in [0.2, 0.25) is 0 Å². The number of nitrogens with zero attached hydrogens (tertiary/aromatic N) is 1. The number of aryl methyl sites for hydroxylation is 1. The molecule has 3 aromatic carbocycles. The molecule has 6 nitrogen and oxygen atoms in total. The first kappa shape index (κ1) is 23.5. The number of esters is 1. The minimum atomic E-state index is -0.376. The minimum Gasteiger partial charge on any atom is -0.504 e. The van der Waals surface area contributed by atoms with E-state index >= 15 is 0 Å². The van der Waals surface area contributed by atoms with E-state index in [9.17, 15) is 9.90 Å². The molecule has 0 aromatic heterocycles. The molecule has 0 saturated heterocycles. The number of carbonyl (C=O) groups excluding carboxylic acids is 1. The summed E-state index contributed by atoms with van der Waals surface area (Å²) in [6.07, 6.45) is 1.25. The highest BCUT2D eigenvalue weighted by atomic mass is 16.5. The van der Waals surface area contributed by atoms with Crippen molar-refractivity contribution < 1.29 is 19.4 Å². The molecule has 176 valence electrons. The number of aliphatic imine (C=N–C) groups is 1. The first-order valence-electron chi connectivity index (χ1n) is 11.6. The Balaban J connectivity index is 1.72. The molecular weight excluding hydrogens is 428 g/mol. The van der Waals surface area contributed by atoms with Gasteiger partial charge < -0.3 is 14.6 Å². The van der Waals surface area contributed by atoms with E-state index in [2.05, 4.69) is 36.5 Å². The molecule has 4 rings (SSSR count). The SMILES string of the molecule is CCOc1cccc([C@H]2CC(c3ccc(CC)cc3)=N[C@@H](c3ccc(C(=O)OC)cc3)N2)c1O. The van der Waals surface area contributed by atoms with Crippen molar-refractivity contribution in [3.8, 4) is 11.5 Å². The third-order valence-corrected chi connectivity index (χ3v) is 6.09. The van der Waals surface area contributed by atoms with Crippen LogP contribution in [0.3, 0.4) is 0 Å². The second-order valence-corrected chi connectivity index (χ2v) is 8.19. The van der Waals surface area contributed by atoms with Crippen LogP contribution < -0.4 is 10.1 Å². The van der Waals surface area contributed by atoms with Gasteiger partial charge >= 0.3 is 5.97 Å². The molecule has 0 radical (unpaired) electrons. The first-order valence-corrected chi connectivity index (χ1v) is 11.6. The summed E-state index contributed by atoms with van der Waals surface area (Å²) in [7, 11) is 1.37. The van der Waals surface area contributed by atoms with E-state index in [1.54, 1.807) is 18.2 Å². The van der Waals surface area contributed by atoms with Crippen molar-refractivity contribution in [2.45, 2.75) is 38.9 Å². The molecule has 0 fully saturated rings. The molecule has 34 heavy (non-hydrogen) atoms. The van der Waals surface area contributed by atoms with E-state index in [1.165, 1.54) is 12.7 Å². The van der Waals surface area contributed by atoms with Gasteiger partial charge in [0.1, 0.15) is 6.17 Å². The third kappa shape index (κ3) is 4.97. The molecule has 3 aromatic rings. The monoisotopic (exact) mass is 458 g/mol. The van der Waals surface area contributed by atoms with Crippen LogP contribution in [0.2, 0.25) is 0 Å². The zero-order valence-electron chi connectivity index (χ0n) is 19.7. The summed E-state index contributed by atoms with van der Waals surface area (Å²) in [6.45, 7) is 4.50. The fourth-order valence-electron chi connectivity index (χ4n) is 4.20. The predicted octanol–water partition coefficient (Wildman–Crippen LogP) is 5.36. The highest BCUT2D eigenvalue weighted by molar-refractivity contribution is 6.01. The highest BCUT2D eigenvalue weighted by Gasteiger charge is 2.28. The molecule has 0 unspecified atom stereocenters. The van der Waals surface area contributed by atoms with Crippen molar-refractivity contribution in [1.82, 2.24) is 5.32 Å². The Morgan fingerprint density at radius 2 is 1.79 bits per heavy atom. The number of hydrogen-bond donors (Lipinski definition) is 2. The lowest BCUT2D eigenvalue weighted by molar-refractivity contribution is 0.0600. The number of phenols is 1. The number of aromatic hydroxyl groups is 1. The van der Waals surface area contributed by atoms with Crippen LogP contribution in [0.4, 0.5) is 0 Å². The number of benzene rings is 3. The lowest BCUT2D eigenvalue weighted by Gasteiger charge is -2.31. The maximum absolute atomic E-state index is 11.8. The zero-order valence-corrected chi connectivity index (χ0v) is 19.7. The number of methoxy groups -OCH3 is 1. The smallest absolute Gasteiger partial charge is 0.337 e. The highest BCUT2D eigenvalue weighted by Crippen LogP contribution is 2.39. The largest absolute Gasteiger partial charge is 0.504 e. The molecule has 2 atom stereocenters. The Morgan fingerprint density at radius 1 is 1.06 bits per heavy atom. The normalized spacial score (nSPS) is 17.7. The van der Waals surface area contributed by atoms with Crippen LogP contribution in [0.15, 0.2) is 71.7 Å². The zero-order chi connectivity index (χ0) is 24.1. The van der Waals surface area contributed by atoms with Gasteiger partial charge in [0.25, 0.3) is 0 Å². The predicted molar refractivity (Wildman–Crippen MR) is 133 cm³/mol. The number of nitrogens with one attached hydrogen (secondary N) is 1. The number of rotatable bonds is 7. The van der Waals surface area contributed by atoms with Gasteiger partial charge in [0.05, 0.1) is 19.3 Å². The summed E-state index contributed by atoms with van der Waals surface area (Å²) in [5.41, 5.74) is 5.45. The van der Waals surface area contributed by atoms with Crippen molar-refractivity contribution in [2.24, 2.45) is 4.99 Å². The molecule has 0 bridgehead atoms. The number of hydrogen-bond acceptors (Lipinski definition) is 6. The topological polar surface area (TPSA) is 80.2 Å². The van der Waals surface area contributed by atoms with Gasteiger partial charge in [0.15, 0.2) is 11.5 Å². The molecule has 0 amide bonds. The van der Waals surface area contributed by atoms with Gasteiger partial charge in [-0.2, -0.15) is 0 Å². The van der Waals surface area contributed by atoms with E-state index < -0.39 is 0 Å². The maximum atomic E-state index is 11.8. The van der Waals surface area contributed by atoms with Gasteiger partial charge in [-0.25, -0.2) is 4.79 Å². The quantitative estimate of drug-likeness (QED) is 0.466. The molecule has 6 heteroatoms. The van der Waals surface area contributed by atoms with Crippen molar-refractivity contribution in [3.63, 3.8) is 0 Å². The Morgan fingerprint density at radius 3 is 2.44 bits per heavy atom. The number of para-hydroxylation sites is 1. The lowest BCUT2D eigenvalue weighted by atomic mass is 9.92. The van der Waals surface area contributed by atoms with Crippen molar-refractivity contribution in [1.29, 1.82) is 0 Å². The Kier molecular flexibility index (Phi) is 7.28.